The summed E-state index contributed by atoms with van der Waals surface area (Å²) in [4.78, 5) is 4.24. The van der Waals surface area contributed by atoms with Crippen LogP contribution in [0.25, 0.3) is 0 Å². The number of rotatable bonds is 3. The molecule has 5 heteroatoms. The van der Waals surface area contributed by atoms with Crippen molar-refractivity contribution in [1.82, 2.24) is 4.98 Å². The quantitative estimate of drug-likeness (QED) is 0.641. The SMILES string of the molecule is Cc1ccc(C=NN(C)c2oc(C(C)(C)C)nc2C#N)cc1. The van der Waals surface area contributed by atoms with Crippen LogP contribution in [0.1, 0.15) is 43.5 Å². The molecule has 0 amide bonds. The van der Waals surface area contributed by atoms with Gasteiger partial charge in [0, 0.05) is 12.5 Å². The maximum atomic E-state index is 9.21. The Morgan fingerprint density at radius 3 is 2.45 bits per heavy atom. The lowest BCUT2D eigenvalue weighted by molar-refractivity contribution is 0.394. The average molecular weight is 296 g/mol. The summed E-state index contributed by atoms with van der Waals surface area (Å²) in [6.07, 6.45) is 1.72. The largest absolute Gasteiger partial charge is 0.421 e. The molecule has 0 saturated carbocycles. The van der Waals surface area contributed by atoms with Gasteiger partial charge in [0.15, 0.2) is 0 Å². The maximum absolute atomic E-state index is 9.21. The topological polar surface area (TPSA) is 65.4 Å². The monoisotopic (exact) mass is 296 g/mol. The fraction of sp³-hybridized carbons (Fsp3) is 0.353. The Labute approximate surface area is 130 Å². The van der Waals surface area contributed by atoms with Crippen LogP contribution in [0.4, 0.5) is 5.88 Å². The van der Waals surface area contributed by atoms with E-state index in [2.05, 4.69) is 16.2 Å². The summed E-state index contributed by atoms with van der Waals surface area (Å²) in [5.74, 6) is 0.882. The van der Waals surface area contributed by atoms with Crippen molar-refractivity contribution in [2.75, 3.05) is 12.1 Å². The molecule has 0 atom stereocenters. The highest BCUT2D eigenvalue weighted by Crippen LogP contribution is 2.28. The smallest absolute Gasteiger partial charge is 0.254 e. The van der Waals surface area contributed by atoms with Gasteiger partial charge in [0.1, 0.15) is 6.07 Å². The summed E-state index contributed by atoms with van der Waals surface area (Å²) in [5, 5.41) is 15.1. The van der Waals surface area contributed by atoms with Crippen molar-refractivity contribution in [2.24, 2.45) is 5.10 Å². The lowest BCUT2D eigenvalue weighted by Gasteiger charge is -2.13. The first-order valence-electron chi connectivity index (χ1n) is 7.07. The van der Waals surface area contributed by atoms with Crippen LogP contribution >= 0.6 is 0 Å². The highest BCUT2D eigenvalue weighted by Gasteiger charge is 2.25. The summed E-state index contributed by atoms with van der Waals surface area (Å²) in [6.45, 7) is 7.99. The highest BCUT2D eigenvalue weighted by atomic mass is 16.4. The summed E-state index contributed by atoms with van der Waals surface area (Å²) >= 11 is 0. The first-order valence-corrected chi connectivity index (χ1v) is 7.07. The number of hydrogen-bond donors (Lipinski definition) is 0. The number of benzene rings is 1. The van der Waals surface area contributed by atoms with E-state index in [1.165, 1.54) is 10.6 Å². The zero-order valence-electron chi connectivity index (χ0n) is 13.6. The molecule has 5 nitrogen and oxygen atoms in total. The van der Waals surface area contributed by atoms with Gasteiger partial charge in [-0.05, 0) is 12.5 Å². The fourth-order valence-corrected chi connectivity index (χ4v) is 1.78. The lowest BCUT2D eigenvalue weighted by atomic mass is 9.97. The number of anilines is 1. The molecule has 1 heterocycles. The summed E-state index contributed by atoms with van der Waals surface area (Å²) in [6, 6.07) is 10.1. The van der Waals surface area contributed by atoms with E-state index < -0.39 is 0 Å². The predicted octanol–water partition coefficient (Wildman–Crippen LogP) is 3.62. The van der Waals surface area contributed by atoms with Gasteiger partial charge >= 0.3 is 0 Å². The molecule has 0 fully saturated rings. The Balaban J connectivity index is 2.26. The molecule has 0 aliphatic carbocycles. The molecule has 114 valence electrons. The van der Waals surface area contributed by atoms with Crippen LogP contribution in [0.15, 0.2) is 33.8 Å². The van der Waals surface area contributed by atoms with E-state index in [1.807, 2.05) is 52.0 Å². The van der Waals surface area contributed by atoms with E-state index in [-0.39, 0.29) is 11.1 Å². The molecule has 0 spiro atoms. The molecule has 0 N–H and O–H groups in total. The second-order valence-electron chi connectivity index (χ2n) is 6.21. The molecule has 0 aliphatic heterocycles. The van der Waals surface area contributed by atoms with Crippen molar-refractivity contribution in [1.29, 1.82) is 5.26 Å². The Morgan fingerprint density at radius 2 is 1.91 bits per heavy atom. The van der Waals surface area contributed by atoms with Crippen molar-refractivity contribution in [3.8, 4) is 6.07 Å². The Hall–Kier alpha value is -2.61. The van der Waals surface area contributed by atoms with Gasteiger partial charge in [-0.15, -0.1) is 0 Å². The molecule has 1 aromatic heterocycles. The van der Waals surface area contributed by atoms with Gasteiger partial charge in [0.2, 0.25) is 11.6 Å². The average Bonchev–Trinajstić information content (AvgIpc) is 2.90. The number of aryl methyl sites for hydroxylation is 1. The number of hydrogen-bond acceptors (Lipinski definition) is 5. The van der Waals surface area contributed by atoms with Gasteiger partial charge in [-0.25, -0.2) is 5.01 Å². The molecule has 0 saturated heterocycles. The van der Waals surface area contributed by atoms with Gasteiger partial charge in [-0.3, -0.25) is 0 Å². The highest BCUT2D eigenvalue weighted by molar-refractivity contribution is 5.80. The number of nitriles is 1. The third-order valence-corrected chi connectivity index (χ3v) is 3.11. The van der Waals surface area contributed by atoms with Gasteiger partial charge in [-0.1, -0.05) is 50.6 Å². The van der Waals surface area contributed by atoms with E-state index in [1.54, 1.807) is 13.3 Å². The third-order valence-electron chi connectivity index (χ3n) is 3.11. The molecule has 2 rings (SSSR count). The minimum absolute atomic E-state index is 0.244. The third kappa shape index (κ3) is 3.53. The van der Waals surface area contributed by atoms with Crippen LogP contribution < -0.4 is 5.01 Å². The molecular weight excluding hydrogens is 276 g/mol. The number of hydrazone groups is 1. The molecule has 0 bridgehead atoms. The van der Waals surface area contributed by atoms with Gasteiger partial charge in [0.05, 0.1) is 6.21 Å². The fourth-order valence-electron chi connectivity index (χ4n) is 1.78. The zero-order chi connectivity index (χ0) is 16.3. The van der Waals surface area contributed by atoms with Crippen molar-refractivity contribution < 1.29 is 4.42 Å². The van der Waals surface area contributed by atoms with Crippen molar-refractivity contribution >= 4 is 12.1 Å². The second-order valence-corrected chi connectivity index (χ2v) is 6.21. The molecular formula is C17H20N4O. The van der Waals surface area contributed by atoms with Gasteiger partial charge in [0.25, 0.3) is 5.88 Å². The Bertz CT molecular complexity index is 715. The van der Waals surface area contributed by atoms with Gasteiger partial charge < -0.3 is 4.42 Å². The zero-order valence-corrected chi connectivity index (χ0v) is 13.6. The maximum Gasteiger partial charge on any atom is 0.254 e. The van der Waals surface area contributed by atoms with Crippen LogP contribution in [0.5, 0.6) is 0 Å². The minimum atomic E-state index is -0.259. The van der Waals surface area contributed by atoms with Crippen molar-refractivity contribution in [3.63, 3.8) is 0 Å². The molecule has 2 aromatic rings. The molecule has 0 aliphatic rings. The van der Waals surface area contributed by atoms with E-state index in [0.29, 0.717) is 11.8 Å². The van der Waals surface area contributed by atoms with E-state index in [4.69, 9.17) is 4.42 Å². The van der Waals surface area contributed by atoms with Crippen LogP contribution in [-0.4, -0.2) is 18.2 Å². The van der Waals surface area contributed by atoms with E-state index in [9.17, 15) is 5.26 Å². The van der Waals surface area contributed by atoms with Crippen molar-refractivity contribution in [3.05, 3.63) is 47.0 Å². The van der Waals surface area contributed by atoms with E-state index in [0.717, 1.165) is 5.56 Å². The molecule has 22 heavy (non-hydrogen) atoms. The minimum Gasteiger partial charge on any atom is -0.421 e. The normalized spacial score (nSPS) is 11.6. The molecule has 0 unspecified atom stereocenters. The second kappa shape index (κ2) is 6.02. The summed E-state index contributed by atoms with van der Waals surface area (Å²) in [5.41, 5.74) is 2.16. The van der Waals surface area contributed by atoms with Crippen molar-refractivity contribution in [2.45, 2.75) is 33.1 Å². The standard InChI is InChI=1S/C17H20N4O/c1-12-6-8-13(9-7-12)11-19-21(5)15-14(10-18)20-16(22-15)17(2,3)4/h6-9,11H,1-5H3. The van der Waals surface area contributed by atoms with Crippen LogP contribution in [0, 0.1) is 18.3 Å². The Morgan fingerprint density at radius 1 is 1.27 bits per heavy atom. The first kappa shape index (κ1) is 15.8. The first-order chi connectivity index (χ1) is 10.3. The van der Waals surface area contributed by atoms with Crippen LogP contribution in [0.3, 0.4) is 0 Å². The number of nitrogens with zero attached hydrogens (tertiary/aromatic N) is 4. The van der Waals surface area contributed by atoms with Crippen LogP contribution in [0.2, 0.25) is 0 Å². The number of aromatic nitrogens is 1. The number of oxazole rings is 1. The summed E-state index contributed by atoms with van der Waals surface area (Å²) in [7, 11) is 1.73. The van der Waals surface area contributed by atoms with Gasteiger partial charge in [-0.2, -0.15) is 15.3 Å². The van der Waals surface area contributed by atoms with Crippen LogP contribution in [-0.2, 0) is 5.41 Å². The Kier molecular flexibility index (Phi) is 4.32. The van der Waals surface area contributed by atoms with E-state index >= 15 is 0 Å². The predicted molar refractivity (Wildman–Crippen MR) is 87.1 cm³/mol. The lowest BCUT2D eigenvalue weighted by Crippen LogP contribution is -2.11. The molecule has 0 radical (unpaired) electrons. The summed E-state index contributed by atoms with van der Waals surface area (Å²) < 4.78 is 5.72. The molecule has 1 aromatic carbocycles.